The molecule has 1 aromatic rings. The molecule has 6 nitrogen and oxygen atoms in total. The number of amides is 1. The quantitative estimate of drug-likeness (QED) is 0.580. The molecule has 0 spiro atoms. The van der Waals surface area contributed by atoms with Crippen molar-refractivity contribution in [2.75, 3.05) is 19.3 Å². The molecule has 1 rings (SSSR count). The fraction of sp³-hybridized carbons (Fsp3) is 0.417. The van der Waals surface area contributed by atoms with Gasteiger partial charge in [0.2, 0.25) is 15.9 Å². The zero-order valence-electron chi connectivity index (χ0n) is 10.8. The highest BCUT2D eigenvalue weighted by Gasteiger charge is 2.06. The van der Waals surface area contributed by atoms with E-state index in [2.05, 4.69) is 10.0 Å². The highest BCUT2D eigenvalue weighted by molar-refractivity contribution is 7.88. The Bertz CT molecular complexity index is 529. The molecule has 1 aromatic carbocycles. The summed E-state index contributed by atoms with van der Waals surface area (Å²) in [5.74, 6) is -0.156. The van der Waals surface area contributed by atoms with Gasteiger partial charge < -0.3 is 11.1 Å². The van der Waals surface area contributed by atoms with E-state index < -0.39 is 10.0 Å². The van der Waals surface area contributed by atoms with Crippen molar-refractivity contribution in [3.8, 4) is 0 Å². The summed E-state index contributed by atoms with van der Waals surface area (Å²) in [4.78, 5) is 11.7. The van der Waals surface area contributed by atoms with Crippen molar-refractivity contribution >= 4 is 15.9 Å². The molecule has 0 heterocycles. The number of carbonyl (C=O) groups excluding carboxylic acids is 1. The van der Waals surface area contributed by atoms with Gasteiger partial charge in [0.05, 0.1) is 12.7 Å². The van der Waals surface area contributed by atoms with E-state index in [1.165, 1.54) is 0 Å². The van der Waals surface area contributed by atoms with Crippen LogP contribution in [0.1, 0.15) is 11.1 Å². The third-order valence-electron chi connectivity index (χ3n) is 2.50. The van der Waals surface area contributed by atoms with Crippen molar-refractivity contribution in [3.63, 3.8) is 0 Å². The van der Waals surface area contributed by atoms with Gasteiger partial charge in [0, 0.05) is 19.6 Å². The Labute approximate surface area is 113 Å². The maximum absolute atomic E-state index is 11.7. The van der Waals surface area contributed by atoms with Crippen LogP contribution in [0.3, 0.4) is 0 Å². The fourth-order valence-electron chi connectivity index (χ4n) is 1.60. The maximum atomic E-state index is 11.7. The zero-order chi connectivity index (χ0) is 14.3. The number of nitrogens with two attached hydrogens (primary N) is 1. The summed E-state index contributed by atoms with van der Waals surface area (Å²) in [6, 6.07) is 7.47. The molecule has 0 unspecified atom stereocenters. The molecule has 0 aromatic heterocycles. The Morgan fingerprint density at radius 2 is 1.84 bits per heavy atom. The molecule has 0 bridgehead atoms. The van der Waals surface area contributed by atoms with Gasteiger partial charge in [0.25, 0.3) is 0 Å². The molecule has 4 N–H and O–H groups in total. The number of sulfonamides is 1. The molecule has 7 heteroatoms. The van der Waals surface area contributed by atoms with Gasteiger partial charge in [-0.3, -0.25) is 4.79 Å². The average molecular weight is 285 g/mol. The topological polar surface area (TPSA) is 101 Å². The number of nitrogens with one attached hydrogen (secondary N) is 2. The number of carbonyl (C=O) groups is 1. The van der Waals surface area contributed by atoms with Gasteiger partial charge >= 0.3 is 0 Å². The highest BCUT2D eigenvalue weighted by atomic mass is 32.2. The van der Waals surface area contributed by atoms with Crippen molar-refractivity contribution in [1.82, 2.24) is 10.0 Å². The number of hydrogen-bond acceptors (Lipinski definition) is 4. The highest BCUT2D eigenvalue weighted by Crippen LogP contribution is 2.08. The third kappa shape index (κ3) is 6.32. The van der Waals surface area contributed by atoms with Gasteiger partial charge in [0.1, 0.15) is 0 Å². The smallest absolute Gasteiger partial charge is 0.224 e. The Morgan fingerprint density at radius 3 is 2.42 bits per heavy atom. The van der Waals surface area contributed by atoms with Crippen LogP contribution in [0, 0.1) is 0 Å². The molecule has 19 heavy (non-hydrogen) atoms. The SMILES string of the molecule is CS(=O)(=O)NCCNC(=O)Cc1ccccc1CN. The average Bonchev–Trinajstić information content (AvgIpc) is 2.34. The first-order valence-electron chi connectivity index (χ1n) is 5.90. The summed E-state index contributed by atoms with van der Waals surface area (Å²) >= 11 is 0. The maximum Gasteiger partial charge on any atom is 0.224 e. The van der Waals surface area contributed by atoms with Gasteiger partial charge in [-0.05, 0) is 11.1 Å². The lowest BCUT2D eigenvalue weighted by Gasteiger charge is -2.08. The lowest BCUT2D eigenvalue weighted by Crippen LogP contribution is -2.35. The minimum Gasteiger partial charge on any atom is -0.355 e. The Morgan fingerprint density at radius 1 is 1.21 bits per heavy atom. The first-order chi connectivity index (χ1) is 8.92. The normalized spacial score (nSPS) is 11.3. The molecule has 0 atom stereocenters. The van der Waals surface area contributed by atoms with E-state index in [0.717, 1.165) is 17.4 Å². The lowest BCUT2D eigenvalue weighted by molar-refractivity contribution is -0.120. The Hall–Kier alpha value is -1.44. The molecule has 1 amide bonds. The molecular weight excluding hydrogens is 266 g/mol. The van der Waals surface area contributed by atoms with Gasteiger partial charge in [-0.15, -0.1) is 0 Å². The molecule has 0 aliphatic heterocycles. The second-order valence-corrected chi connectivity index (χ2v) is 6.00. The van der Waals surface area contributed by atoms with E-state index in [0.29, 0.717) is 6.54 Å². The summed E-state index contributed by atoms with van der Waals surface area (Å²) in [5.41, 5.74) is 7.41. The van der Waals surface area contributed by atoms with Crippen LogP contribution in [-0.4, -0.2) is 33.7 Å². The Kier molecular flexibility index (Phi) is 5.94. The van der Waals surface area contributed by atoms with Crippen LogP contribution >= 0.6 is 0 Å². The molecule has 0 aliphatic rings. The van der Waals surface area contributed by atoms with Crippen LogP contribution in [0.2, 0.25) is 0 Å². The van der Waals surface area contributed by atoms with E-state index in [1.807, 2.05) is 24.3 Å². The molecular formula is C12H19N3O3S. The minimum atomic E-state index is -3.21. The van der Waals surface area contributed by atoms with E-state index in [9.17, 15) is 13.2 Å². The third-order valence-corrected chi connectivity index (χ3v) is 3.23. The van der Waals surface area contributed by atoms with E-state index in [4.69, 9.17) is 5.73 Å². The number of benzene rings is 1. The van der Waals surface area contributed by atoms with Crippen molar-refractivity contribution in [1.29, 1.82) is 0 Å². The summed E-state index contributed by atoms with van der Waals surface area (Å²) < 4.78 is 23.9. The fourth-order valence-corrected chi connectivity index (χ4v) is 2.08. The van der Waals surface area contributed by atoms with Gasteiger partial charge in [0.15, 0.2) is 0 Å². The second-order valence-electron chi connectivity index (χ2n) is 4.17. The first kappa shape index (κ1) is 15.6. The molecule has 0 radical (unpaired) electrons. The van der Waals surface area contributed by atoms with Crippen LogP contribution in [0.5, 0.6) is 0 Å². The predicted octanol–water partition coefficient (Wildman–Crippen LogP) is -0.647. The van der Waals surface area contributed by atoms with Gasteiger partial charge in [-0.2, -0.15) is 0 Å². The van der Waals surface area contributed by atoms with E-state index in [1.54, 1.807) is 0 Å². The van der Waals surface area contributed by atoms with Crippen molar-refractivity contribution in [2.24, 2.45) is 5.73 Å². The van der Waals surface area contributed by atoms with Crippen molar-refractivity contribution < 1.29 is 13.2 Å². The van der Waals surface area contributed by atoms with Crippen molar-refractivity contribution in [3.05, 3.63) is 35.4 Å². The summed E-state index contributed by atoms with van der Waals surface area (Å²) in [6.45, 7) is 0.832. The second kappa shape index (κ2) is 7.22. The van der Waals surface area contributed by atoms with Crippen LogP contribution in [0.4, 0.5) is 0 Å². The minimum absolute atomic E-state index is 0.156. The van der Waals surface area contributed by atoms with Gasteiger partial charge in [-0.25, -0.2) is 13.1 Å². The largest absolute Gasteiger partial charge is 0.355 e. The van der Waals surface area contributed by atoms with Crippen LogP contribution in [0.25, 0.3) is 0 Å². The van der Waals surface area contributed by atoms with Crippen LogP contribution in [-0.2, 0) is 27.8 Å². The monoisotopic (exact) mass is 285 g/mol. The van der Waals surface area contributed by atoms with Crippen molar-refractivity contribution in [2.45, 2.75) is 13.0 Å². The number of rotatable bonds is 7. The van der Waals surface area contributed by atoms with E-state index >= 15 is 0 Å². The lowest BCUT2D eigenvalue weighted by atomic mass is 10.0. The van der Waals surface area contributed by atoms with E-state index in [-0.39, 0.29) is 25.4 Å². The molecule has 0 aliphatic carbocycles. The molecule has 0 saturated heterocycles. The molecule has 0 fully saturated rings. The molecule has 0 saturated carbocycles. The predicted molar refractivity (Wildman–Crippen MR) is 73.9 cm³/mol. The summed E-state index contributed by atoms with van der Waals surface area (Å²) in [6.07, 6.45) is 1.32. The first-order valence-corrected chi connectivity index (χ1v) is 7.79. The summed E-state index contributed by atoms with van der Waals surface area (Å²) in [7, 11) is -3.21. The standard InChI is InChI=1S/C12H19N3O3S/c1-19(17,18)15-7-6-14-12(16)8-10-4-2-3-5-11(10)9-13/h2-5,15H,6-9,13H2,1H3,(H,14,16). The molecule has 106 valence electrons. The zero-order valence-corrected chi connectivity index (χ0v) is 11.7. The Balaban J connectivity index is 2.39. The summed E-state index contributed by atoms with van der Waals surface area (Å²) in [5, 5.41) is 2.65. The van der Waals surface area contributed by atoms with Gasteiger partial charge in [-0.1, -0.05) is 24.3 Å². The number of hydrogen-bond donors (Lipinski definition) is 3. The van der Waals surface area contributed by atoms with Crippen LogP contribution in [0.15, 0.2) is 24.3 Å². The van der Waals surface area contributed by atoms with Crippen LogP contribution < -0.4 is 15.8 Å².